The standard InChI is InChI=1S/C22H28N2O4/c1-22(2,3)28-21(26)24-19-13-11-18(12-14-19)23-20(25)10-7-15-27-16-17-8-5-4-6-9-17/h4-6,8-9,11-14H,7,10,15-16H2,1-3H3,(H,23,25)(H,24,26). The molecule has 2 aromatic rings. The molecule has 0 radical (unpaired) electrons. The molecule has 2 aromatic carbocycles. The highest BCUT2D eigenvalue weighted by atomic mass is 16.6. The molecule has 28 heavy (non-hydrogen) atoms. The minimum atomic E-state index is -0.553. The summed E-state index contributed by atoms with van der Waals surface area (Å²) in [5.74, 6) is -0.0730. The highest BCUT2D eigenvalue weighted by Gasteiger charge is 2.16. The minimum absolute atomic E-state index is 0.0730. The van der Waals surface area contributed by atoms with Crippen LogP contribution in [-0.2, 0) is 20.9 Å². The lowest BCUT2D eigenvalue weighted by Gasteiger charge is -2.19. The van der Waals surface area contributed by atoms with Gasteiger partial charge in [0, 0.05) is 24.4 Å². The van der Waals surface area contributed by atoms with Gasteiger partial charge in [0.15, 0.2) is 0 Å². The lowest BCUT2D eigenvalue weighted by Crippen LogP contribution is -2.27. The lowest BCUT2D eigenvalue weighted by molar-refractivity contribution is -0.116. The topological polar surface area (TPSA) is 76.7 Å². The molecule has 0 spiro atoms. The van der Waals surface area contributed by atoms with Gasteiger partial charge in [-0.15, -0.1) is 0 Å². The van der Waals surface area contributed by atoms with E-state index in [0.717, 1.165) is 5.56 Å². The average molecular weight is 384 g/mol. The van der Waals surface area contributed by atoms with E-state index in [2.05, 4.69) is 10.6 Å². The van der Waals surface area contributed by atoms with Crippen LogP contribution in [0.3, 0.4) is 0 Å². The van der Waals surface area contributed by atoms with Gasteiger partial charge in [0.25, 0.3) is 0 Å². The Hall–Kier alpha value is -2.86. The fraction of sp³-hybridized carbons (Fsp3) is 0.364. The molecule has 2 N–H and O–H groups in total. The first kappa shape index (κ1) is 21.4. The summed E-state index contributed by atoms with van der Waals surface area (Å²) in [6, 6.07) is 16.8. The van der Waals surface area contributed by atoms with E-state index in [-0.39, 0.29) is 5.91 Å². The van der Waals surface area contributed by atoms with E-state index in [1.807, 2.05) is 30.3 Å². The third kappa shape index (κ3) is 8.68. The van der Waals surface area contributed by atoms with Crippen LogP contribution >= 0.6 is 0 Å². The molecular weight excluding hydrogens is 356 g/mol. The summed E-state index contributed by atoms with van der Waals surface area (Å²) in [7, 11) is 0. The lowest BCUT2D eigenvalue weighted by atomic mass is 10.2. The number of amides is 2. The van der Waals surface area contributed by atoms with Gasteiger partial charge >= 0.3 is 6.09 Å². The van der Waals surface area contributed by atoms with Crippen LogP contribution in [0.15, 0.2) is 54.6 Å². The number of anilines is 2. The molecular formula is C22H28N2O4. The largest absolute Gasteiger partial charge is 0.444 e. The summed E-state index contributed by atoms with van der Waals surface area (Å²) < 4.78 is 10.8. The van der Waals surface area contributed by atoms with Gasteiger partial charge < -0.3 is 14.8 Å². The van der Waals surface area contributed by atoms with Crippen LogP contribution in [0.4, 0.5) is 16.2 Å². The second-order valence-electron chi connectivity index (χ2n) is 7.39. The Bertz CT molecular complexity index is 752. The van der Waals surface area contributed by atoms with Crippen molar-refractivity contribution in [3.8, 4) is 0 Å². The number of rotatable bonds is 8. The number of nitrogens with one attached hydrogen (secondary N) is 2. The van der Waals surface area contributed by atoms with Gasteiger partial charge in [0.1, 0.15) is 5.60 Å². The van der Waals surface area contributed by atoms with Gasteiger partial charge in [-0.05, 0) is 57.0 Å². The predicted molar refractivity (Wildman–Crippen MR) is 110 cm³/mol. The monoisotopic (exact) mass is 384 g/mol. The SMILES string of the molecule is CC(C)(C)OC(=O)Nc1ccc(NC(=O)CCCOCc2ccccc2)cc1. The van der Waals surface area contributed by atoms with Crippen LogP contribution in [0.25, 0.3) is 0 Å². The second-order valence-corrected chi connectivity index (χ2v) is 7.39. The van der Waals surface area contributed by atoms with E-state index in [4.69, 9.17) is 9.47 Å². The van der Waals surface area contributed by atoms with Crippen molar-refractivity contribution < 1.29 is 19.1 Å². The van der Waals surface area contributed by atoms with Crippen LogP contribution in [-0.4, -0.2) is 24.2 Å². The van der Waals surface area contributed by atoms with Crippen LogP contribution in [0.2, 0.25) is 0 Å². The minimum Gasteiger partial charge on any atom is -0.444 e. The van der Waals surface area contributed by atoms with Gasteiger partial charge in [-0.25, -0.2) is 4.79 Å². The van der Waals surface area contributed by atoms with Crippen molar-refractivity contribution in [1.29, 1.82) is 0 Å². The zero-order chi connectivity index (χ0) is 20.4. The van der Waals surface area contributed by atoms with Gasteiger partial charge in [0.2, 0.25) is 5.91 Å². The molecule has 0 fully saturated rings. The highest BCUT2D eigenvalue weighted by Crippen LogP contribution is 2.16. The van der Waals surface area contributed by atoms with Crippen LogP contribution in [0.5, 0.6) is 0 Å². The molecule has 6 nitrogen and oxygen atoms in total. The first-order chi connectivity index (χ1) is 13.3. The Morgan fingerprint density at radius 1 is 0.893 bits per heavy atom. The van der Waals surface area contributed by atoms with Crippen molar-refractivity contribution >= 4 is 23.4 Å². The van der Waals surface area contributed by atoms with Crippen molar-refractivity contribution in [2.45, 2.75) is 45.8 Å². The summed E-state index contributed by atoms with van der Waals surface area (Å²) in [6.45, 7) is 6.49. The molecule has 2 amide bonds. The first-order valence-corrected chi connectivity index (χ1v) is 9.33. The Labute approximate surface area is 166 Å². The Kier molecular flexibility index (Phi) is 8.02. The summed E-state index contributed by atoms with van der Waals surface area (Å²) in [5, 5.41) is 5.48. The molecule has 6 heteroatoms. The molecule has 0 saturated heterocycles. The van der Waals surface area contributed by atoms with Crippen molar-refractivity contribution in [3.05, 3.63) is 60.2 Å². The molecule has 2 rings (SSSR count). The Morgan fingerprint density at radius 3 is 2.11 bits per heavy atom. The number of carbonyl (C=O) groups excluding carboxylic acids is 2. The van der Waals surface area contributed by atoms with E-state index in [1.54, 1.807) is 45.0 Å². The maximum absolute atomic E-state index is 12.0. The van der Waals surface area contributed by atoms with E-state index < -0.39 is 11.7 Å². The smallest absolute Gasteiger partial charge is 0.412 e. The van der Waals surface area contributed by atoms with Crippen LogP contribution in [0.1, 0.15) is 39.2 Å². The maximum Gasteiger partial charge on any atom is 0.412 e. The third-order valence-corrected chi connectivity index (χ3v) is 3.62. The van der Waals surface area contributed by atoms with E-state index in [9.17, 15) is 9.59 Å². The molecule has 0 aliphatic heterocycles. The summed E-state index contributed by atoms with van der Waals surface area (Å²) in [4.78, 5) is 23.7. The number of ether oxygens (including phenoxy) is 2. The van der Waals surface area contributed by atoms with Gasteiger partial charge in [-0.2, -0.15) is 0 Å². The Balaban J connectivity index is 1.66. The number of hydrogen-bond donors (Lipinski definition) is 2. The molecule has 0 aromatic heterocycles. The predicted octanol–water partition coefficient (Wildman–Crippen LogP) is 4.97. The van der Waals surface area contributed by atoms with Crippen molar-refractivity contribution in [3.63, 3.8) is 0 Å². The molecule has 0 heterocycles. The molecule has 0 saturated carbocycles. The summed E-state index contributed by atoms with van der Waals surface area (Å²) >= 11 is 0. The second kappa shape index (κ2) is 10.5. The summed E-state index contributed by atoms with van der Waals surface area (Å²) in [5.41, 5.74) is 1.83. The quantitative estimate of drug-likeness (QED) is 0.630. The molecule has 0 unspecified atom stereocenters. The van der Waals surface area contributed by atoms with Crippen LogP contribution in [0, 0.1) is 0 Å². The molecule has 0 atom stereocenters. The number of carbonyl (C=O) groups is 2. The van der Waals surface area contributed by atoms with E-state index in [0.29, 0.717) is 37.4 Å². The maximum atomic E-state index is 12.0. The fourth-order valence-corrected chi connectivity index (χ4v) is 2.38. The van der Waals surface area contributed by atoms with E-state index >= 15 is 0 Å². The first-order valence-electron chi connectivity index (χ1n) is 9.33. The van der Waals surface area contributed by atoms with Crippen molar-refractivity contribution in [1.82, 2.24) is 0 Å². The molecule has 0 aliphatic rings. The van der Waals surface area contributed by atoms with Gasteiger partial charge in [-0.1, -0.05) is 30.3 Å². The van der Waals surface area contributed by atoms with Gasteiger partial charge in [-0.3, -0.25) is 10.1 Å². The van der Waals surface area contributed by atoms with Gasteiger partial charge in [0.05, 0.1) is 6.61 Å². The summed E-state index contributed by atoms with van der Waals surface area (Å²) in [6.07, 6.45) is 0.517. The average Bonchev–Trinajstić information content (AvgIpc) is 2.62. The van der Waals surface area contributed by atoms with Crippen molar-refractivity contribution in [2.75, 3.05) is 17.2 Å². The highest BCUT2D eigenvalue weighted by molar-refractivity contribution is 5.91. The molecule has 0 bridgehead atoms. The van der Waals surface area contributed by atoms with Crippen molar-refractivity contribution in [2.24, 2.45) is 0 Å². The normalized spacial score (nSPS) is 11.0. The zero-order valence-corrected chi connectivity index (χ0v) is 16.7. The molecule has 0 aliphatic carbocycles. The third-order valence-electron chi connectivity index (χ3n) is 3.62. The fourth-order valence-electron chi connectivity index (χ4n) is 2.38. The zero-order valence-electron chi connectivity index (χ0n) is 16.7. The van der Waals surface area contributed by atoms with Crippen LogP contribution < -0.4 is 10.6 Å². The Morgan fingerprint density at radius 2 is 1.50 bits per heavy atom. The molecule has 150 valence electrons. The number of hydrogen-bond acceptors (Lipinski definition) is 4. The number of benzene rings is 2. The van der Waals surface area contributed by atoms with E-state index in [1.165, 1.54) is 0 Å².